The summed E-state index contributed by atoms with van der Waals surface area (Å²) in [7, 11) is -3.30. The molecule has 0 spiro atoms. The summed E-state index contributed by atoms with van der Waals surface area (Å²) in [4.78, 5) is 0. The zero-order valence-electron chi connectivity index (χ0n) is 12.5. The van der Waals surface area contributed by atoms with Gasteiger partial charge in [0.25, 0.3) is 10.0 Å². The van der Waals surface area contributed by atoms with Crippen LogP contribution in [0.25, 0.3) is 0 Å². The molecule has 2 rings (SSSR count). The highest BCUT2D eigenvalue weighted by Gasteiger charge is 2.30. The first-order valence-electron chi connectivity index (χ1n) is 7.36. The lowest BCUT2D eigenvalue weighted by Crippen LogP contribution is -2.40. The summed E-state index contributed by atoms with van der Waals surface area (Å²) in [5, 5.41) is 3.47. The van der Waals surface area contributed by atoms with E-state index >= 15 is 0 Å². The first kappa shape index (κ1) is 17.4. The second kappa shape index (κ2) is 7.55. The van der Waals surface area contributed by atoms with Gasteiger partial charge < -0.3 is 5.32 Å². The second-order valence-corrected chi connectivity index (χ2v) is 10.6. The third-order valence-electron chi connectivity index (χ3n) is 3.70. The van der Waals surface area contributed by atoms with Gasteiger partial charge in [-0.05, 0) is 65.8 Å². The van der Waals surface area contributed by atoms with Crippen molar-refractivity contribution in [1.29, 1.82) is 0 Å². The van der Waals surface area contributed by atoms with Crippen molar-refractivity contribution in [3.8, 4) is 0 Å². The number of halogens is 1. The van der Waals surface area contributed by atoms with E-state index in [2.05, 4.69) is 35.1 Å². The van der Waals surface area contributed by atoms with Crippen LogP contribution >= 0.6 is 27.3 Å². The third-order valence-corrected chi connectivity index (χ3v) is 7.69. The smallest absolute Gasteiger partial charge is 0.252 e. The molecule has 0 radical (unpaired) electrons. The summed E-state index contributed by atoms with van der Waals surface area (Å²) in [5.41, 5.74) is 0. The molecule has 1 fully saturated rings. The van der Waals surface area contributed by atoms with E-state index in [1.54, 1.807) is 16.4 Å². The number of piperidine rings is 1. The number of hydrogen-bond acceptors (Lipinski definition) is 4. The average Bonchev–Trinajstić information content (AvgIpc) is 2.86. The molecule has 1 aliphatic rings. The summed E-state index contributed by atoms with van der Waals surface area (Å²) >= 11 is 4.61. The molecule has 7 heteroatoms. The molecule has 1 N–H and O–H groups in total. The Labute approximate surface area is 140 Å². The topological polar surface area (TPSA) is 49.4 Å². The van der Waals surface area contributed by atoms with Gasteiger partial charge in [-0.1, -0.05) is 13.8 Å². The van der Waals surface area contributed by atoms with Crippen molar-refractivity contribution in [2.24, 2.45) is 11.8 Å². The Morgan fingerprint density at radius 3 is 2.57 bits per heavy atom. The summed E-state index contributed by atoms with van der Waals surface area (Å²) in [6, 6.07) is 3.47. The first-order chi connectivity index (χ1) is 9.89. The highest BCUT2D eigenvalue weighted by atomic mass is 79.9. The highest BCUT2D eigenvalue weighted by Crippen LogP contribution is 2.30. The average molecular weight is 395 g/mol. The molecule has 0 aromatic carbocycles. The molecule has 0 bridgehead atoms. The van der Waals surface area contributed by atoms with Gasteiger partial charge in [-0.15, -0.1) is 11.3 Å². The molecule has 4 nitrogen and oxygen atoms in total. The van der Waals surface area contributed by atoms with Crippen LogP contribution in [0.3, 0.4) is 0 Å². The van der Waals surface area contributed by atoms with Crippen LogP contribution in [0.1, 0.15) is 26.7 Å². The molecule has 1 aromatic heterocycles. The number of sulfonamides is 1. The largest absolute Gasteiger partial charge is 0.316 e. The minimum Gasteiger partial charge on any atom is -0.316 e. The van der Waals surface area contributed by atoms with Crippen molar-refractivity contribution in [3.63, 3.8) is 0 Å². The van der Waals surface area contributed by atoms with Crippen molar-refractivity contribution < 1.29 is 8.42 Å². The Kier molecular flexibility index (Phi) is 6.25. The lowest BCUT2D eigenvalue weighted by Gasteiger charge is -2.31. The van der Waals surface area contributed by atoms with E-state index in [1.165, 1.54) is 11.3 Å². The van der Waals surface area contributed by atoms with E-state index in [0.29, 0.717) is 29.1 Å². The Hall–Kier alpha value is 0.0500. The zero-order chi connectivity index (χ0) is 15.5. The molecule has 0 aliphatic carbocycles. The Balaban J connectivity index is 1.86. The summed E-state index contributed by atoms with van der Waals surface area (Å²) < 4.78 is 27.9. The first-order valence-corrected chi connectivity index (χ1v) is 10.4. The molecule has 2 heterocycles. The van der Waals surface area contributed by atoms with E-state index in [0.717, 1.165) is 29.7 Å². The van der Waals surface area contributed by atoms with Crippen LogP contribution in [-0.2, 0) is 10.0 Å². The van der Waals surface area contributed by atoms with E-state index in [1.807, 2.05) is 0 Å². The van der Waals surface area contributed by atoms with Crippen molar-refractivity contribution in [2.45, 2.75) is 30.9 Å². The van der Waals surface area contributed by atoms with Crippen molar-refractivity contribution in [1.82, 2.24) is 9.62 Å². The van der Waals surface area contributed by atoms with Gasteiger partial charge in [0.05, 0.1) is 3.79 Å². The molecular formula is C14H23BrN2O2S2. The number of hydrogen-bond donors (Lipinski definition) is 1. The van der Waals surface area contributed by atoms with Gasteiger partial charge in [-0.25, -0.2) is 8.42 Å². The fourth-order valence-electron chi connectivity index (χ4n) is 2.49. The van der Waals surface area contributed by atoms with Crippen LogP contribution in [0, 0.1) is 11.8 Å². The van der Waals surface area contributed by atoms with Crippen LogP contribution < -0.4 is 5.32 Å². The van der Waals surface area contributed by atoms with Gasteiger partial charge in [-0.3, -0.25) is 0 Å². The predicted octanol–water partition coefficient (Wildman–Crippen LogP) is 3.16. The van der Waals surface area contributed by atoms with Crippen LogP contribution in [-0.4, -0.2) is 38.9 Å². The van der Waals surface area contributed by atoms with Gasteiger partial charge in [0.15, 0.2) is 0 Å². The molecule has 0 unspecified atom stereocenters. The highest BCUT2D eigenvalue weighted by molar-refractivity contribution is 9.11. The standard InChI is InChI=1S/C14H23BrN2O2S2/c1-11(2)9-16-10-12-5-7-17(8-6-12)21(18,19)14-4-3-13(15)20-14/h3-4,11-12,16H,5-10H2,1-2H3. The molecule has 1 aromatic rings. The van der Waals surface area contributed by atoms with E-state index in [-0.39, 0.29) is 0 Å². The monoisotopic (exact) mass is 394 g/mol. The second-order valence-electron chi connectivity index (χ2n) is 5.96. The fraction of sp³-hybridized carbons (Fsp3) is 0.714. The molecule has 0 amide bonds. The Bertz CT molecular complexity index is 549. The fourth-order valence-corrected chi connectivity index (χ4v) is 6.13. The maximum absolute atomic E-state index is 12.5. The van der Waals surface area contributed by atoms with Gasteiger partial charge >= 0.3 is 0 Å². The Morgan fingerprint density at radius 1 is 1.38 bits per heavy atom. The quantitative estimate of drug-likeness (QED) is 0.805. The zero-order valence-corrected chi connectivity index (χ0v) is 15.7. The summed E-state index contributed by atoms with van der Waals surface area (Å²) in [6.45, 7) is 7.68. The molecule has 21 heavy (non-hydrogen) atoms. The van der Waals surface area contributed by atoms with Crippen LogP contribution in [0.4, 0.5) is 0 Å². The molecule has 0 atom stereocenters. The Morgan fingerprint density at radius 2 is 2.05 bits per heavy atom. The van der Waals surface area contributed by atoms with Gasteiger partial charge in [0.2, 0.25) is 0 Å². The van der Waals surface area contributed by atoms with Gasteiger partial charge in [-0.2, -0.15) is 4.31 Å². The molecular weight excluding hydrogens is 372 g/mol. The van der Waals surface area contributed by atoms with Crippen LogP contribution in [0.15, 0.2) is 20.1 Å². The summed E-state index contributed by atoms with van der Waals surface area (Å²) in [6.07, 6.45) is 1.88. The minimum absolute atomic E-state index is 0.436. The third kappa shape index (κ3) is 4.76. The van der Waals surface area contributed by atoms with Crippen molar-refractivity contribution >= 4 is 37.3 Å². The van der Waals surface area contributed by atoms with Crippen LogP contribution in [0.5, 0.6) is 0 Å². The number of thiophene rings is 1. The molecule has 0 saturated carbocycles. The van der Waals surface area contributed by atoms with Crippen molar-refractivity contribution in [3.05, 3.63) is 15.9 Å². The molecule has 120 valence electrons. The molecule has 1 aliphatic heterocycles. The number of nitrogens with one attached hydrogen (secondary N) is 1. The maximum atomic E-state index is 12.5. The van der Waals surface area contributed by atoms with Crippen molar-refractivity contribution in [2.75, 3.05) is 26.2 Å². The summed E-state index contributed by atoms with van der Waals surface area (Å²) in [5.74, 6) is 1.24. The lowest BCUT2D eigenvalue weighted by atomic mass is 9.98. The minimum atomic E-state index is -3.30. The predicted molar refractivity (Wildman–Crippen MR) is 91.2 cm³/mol. The van der Waals surface area contributed by atoms with Gasteiger partial charge in [0, 0.05) is 13.1 Å². The SMILES string of the molecule is CC(C)CNCC1CCN(S(=O)(=O)c2ccc(Br)s2)CC1. The van der Waals surface area contributed by atoms with E-state index in [9.17, 15) is 8.42 Å². The number of nitrogens with zero attached hydrogens (tertiary/aromatic N) is 1. The normalized spacial score (nSPS) is 18.5. The lowest BCUT2D eigenvalue weighted by molar-refractivity contribution is 0.266. The maximum Gasteiger partial charge on any atom is 0.252 e. The number of rotatable bonds is 6. The van der Waals surface area contributed by atoms with E-state index < -0.39 is 10.0 Å². The van der Waals surface area contributed by atoms with Gasteiger partial charge in [0.1, 0.15) is 4.21 Å². The van der Waals surface area contributed by atoms with E-state index in [4.69, 9.17) is 0 Å². The van der Waals surface area contributed by atoms with Crippen LogP contribution in [0.2, 0.25) is 0 Å². The molecule has 1 saturated heterocycles.